The fourth-order valence-corrected chi connectivity index (χ4v) is 4.85. The zero-order valence-corrected chi connectivity index (χ0v) is 12.2. The van der Waals surface area contributed by atoms with Gasteiger partial charge in [-0.2, -0.15) is 0 Å². The van der Waals surface area contributed by atoms with Crippen LogP contribution in [0, 0.1) is 0 Å². The van der Waals surface area contributed by atoms with Crippen LogP contribution in [0.1, 0.15) is 18.9 Å². The molecule has 0 bridgehead atoms. The molecular formula is C15H21NO2S. The van der Waals surface area contributed by atoms with E-state index in [1.165, 1.54) is 5.56 Å². The molecule has 4 heteroatoms. The van der Waals surface area contributed by atoms with Crippen LogP contribution in [0.5, 0.6) is 0 Å². The van der Waals surface area contributed by atoms with Gasteiger partial charge in [0.1, 0.15) is 0 Å². The van der Waals surface area contributed by atoms with Crippen molar-refractivity contribution in [3.05, 3.63) is 48.6 Å². The highest BCUT2D eigenvalue weighted by atomic mass is 32.2. The maximum atomic E-state index is 11.8. The van der Waals surface area contributed by atoms with Crippen molar-refractivity contribution < 1.29 is 8.42 Å². The van der Waals surface area contributed by atoms with E-state index in [1.807, 2.05) is 31.2 Å². The summed E-state index contributed by atoms with van der Waals surface area (Å²) in [6, 6.07) is 10.2. The first kappa shape index (κ1) is 14.3. The number of hydrogen-bond donors (Lipinski definition) is 0. The van der Waals surface area contributed by atoms with E-state index < -0.39 is 9.84 Å². The Balaban J connectivity index is 2.19. The maximum absolute atomic E-state index is 11.8. The van der Waals surface area contributed by atoms with Gasteiger partial charge in [-0.1, -0.05) is 36.4 Å². The highest BCUT2D eigenvalue weighted by Crippen LogP contribution is 2.30. The smallest absolute Gasteiger partial charge is 0.152 e. The molecule has 0 saturated carbocycles. The Morgan fingerprint density at radius 3 is 2.58 bits per heavy atom. The number of hydrogen-bond acceptors (Lipinski definition) is 3. The van der Waals surface area contributed by atoms with Crippen molar-refractivity contribution in [1.29, 1.82) is 0 Å². The predicted molar refractivity (Wildman–Crippen MR) is 78.7 cm³/mol. The zero-order valence-electron chi connectivity index (χ0n) is 11.4. The third-order valence-corrected chi connectivity index (χ3v) is 5.70. The third-order valence-electron chi connectivity index (χ3n) is 3.81. The monoisotopic (exact) mass is 279 g/mol. The molecule has 0 amide bonds. The van der Waals surface area contributed by atoms with Crippen molar-refractivity contribution >= 4 is 9.84 Å². The number of sulfone groups is 1. The molecule has 0 aromatic heterocycles. The molecule has 0 unspecified atom stereocenters. The summed E-state index contributed by atoms with van der Waals surface area (Å²) in [5.74, 6) is 0.548. The molecule has 1 aliphatic rings. The second-order valence-corrected chi connectivity index (χ2v) is 7.68. The summed E-state index contributed by atoms with van der Waals surface area (Å²) in [6.07, 6.45) is 2.55. The third kappa shape index (κ3) is 3.45. The predicted octanol–water partition coefficient (Wildman–Crippen LogP) is 2.25. The van der Waals surface area contributed by atoms with Gasteiger partial charge >= 0.3 is 0 Å². The van der Waals surface area contributed by atoms with Crippen LogP contribution in [-0.2, 0) is 16.4 Å². The van der Waals surface area contributed by atoms with E-state index in [-0.39, 0.29) is 11.3 Å². The zero-order chi connectivity index (χ0) is 13.9. The Labute approximate surface area is 115 Å². The van der Waals surface area contributed by atoms with Gasteiger partial charge in [0.15, 0.2) is 9.84 Å². The topological polar surface area (TPSA) is 37.4 Å². The molecule has 0 radical (unpaired) electrons. The second-order valence-electron chi connectivity index (χ2n) is 5.49. The summed E-state index contributed by atoms with van der Waals surface area (Å²) < 4.78 is 23.5. The minimum Gasteiger partial charge on any atom is -0.289 e. The average molecular weight is 279 g/mol. The molecule has 19 heavy (non-hydrogen) atoms. The first-order valence-electron chi connectivity index (χ1n) is 6.55. The van der Waals surface area contributed by atoms with Gasteiger partial charge in [0, 0.05) is 18.6 Å². The van der Waals surface area contributed by atoms with Crippen molar-refractivity contribution in [2.45, 2.75) is 25.4 Å². The minimum absolute atomic E-state index is 0.251. The van der Waals surface area contributed by atoms with Crippen molar-refractivity contribution in [3.8, 4) is 0 Å². The molecule has 0 spiro atoms. The quantitative estimate of drug-likeness (QED) is 0.776. The van der Waals surface area contributed by atoms with Gasteiger partial charge in [0.2, 0.25) is 0 Å². The Morgan fingerprint density at radius 2 is 2.05 bits per heavy atom. The molecule has 104 valence electrons. The Kier molecular flexibility index (Phi) is 4.11. The van der Waals surface area contributed by atoms with Gasteiger partial charge in [-0.25, -0.2) is 8.42 Å². The lowest BCUT2D eigenvalue weighted by atomic mass is 9.98. The standard InChI is InChI=1S/C15H21NO2S/c1-3-10-16(12-14-7-5-4-6-8-14)15(2)9-11-19(17,18)13-15/h3-8H,1,9-13H2,2H3/t15-/m0/s1. The Bertz CT molecular complexity index is 539. The first-order valence-corrected chi connectivity index (χ1v) is 8.38. The Morgan fingerprint density at radius 1 is 1.37 bits per heavy atom. The molecule has 1 aromatic rings. The van der Waals surface area contributed by atoms with Crippen LogP contribution in [0.4, 0.5) is 0 Å². The van der Waals surface area contributed by atoms with Gasteiger partial charge < -0.3 is 0 Å². The van der Waals surface area contributed by atoms with Gasteiger partial charge in [-0.15, -0.1) is 6.58 Å². The summed E-state index contributed by atoms with van der Waals surface area (Å²) in [7, 11) is -2.89. The number of rotatable bonds is 5. The van der Waals surface area contributed by atoms with E-state index >= 15 is 0 Å². The van der Waals surface area contributed by atoms with Crippen molar-refractivity contribution in [3.63, 3.8) is 0 Å². The molecule has 3 nitrogen and oxygen atoms in total. The number of benzene rings is 1. The summed E-state index contributed by atoms with van der Waals surface area (Å²) in [4.78, 5) is 2.22. The molecule has 1 atom stereocenters. The molecule has 0 N–H and O–H groups in total. The van der Waals surface area contributed by atoms with Crippen LogP contribution >= 0.6 is 0 Å². The SMILES string of the molecule is C=CCN(Cc1ccccc1)[C@@]1(C)CCS(=O)(=O)C1. The average Bonchev–Trinajstić information content (AvgIpc) is 2.66. The molecule has 0 aliphatic carbocycles. The molecule has 1 heterocycles. The number of nitrogens with zero attached hydrogens (tertiary/aromatic N) is 1. The molecule has 1 aliphatic heterocycles. The van der Waals surface area contributed by atoms with Gasteiger partial charge in [0.05, 0.1) is 11.5 Å². The van der Waals surface area contributed by atoms with E-state index in [9.17, 15) is 8.42 Å². The van der Waals surface area contributed by atoms with E-state index in [1.54, 1.807) is 0 Å². The molecule has 1 aromatic carbocycles. The summed E-state index contributed by atoms with van der Waals surface area (Å²) in [5.41, 5.74) is 0.929. The maximum Gasteiger partial charge on any atom is 0.152 e. The van der Waals surface area contributed by atoms with Crippen LogP contribution in [0.2, 0.25) is 0 Å². The Hall–Kier alpha value is -1.13. The van der Waals surface area contributed by atoms with E-state index in [0.717, 1.165) is 6.54 Å². The summed E-state index contributed by atoms with van der Waals surface area (Å²) in [5, 5.41) is 0. The first-order chi connectivity index (χ1) is 8.95. The highest BCUT2D eigenvalue weighted by Gasteiger charge is 2.42. The van der Waals surface area contributed by atoms with Crippen LogP contribution in [0.15, 0.2) is 43.0 Å². The van der Waals surface area contributed by atoms with Gasteiger partial charge in [-0.05, 0) is 18.9 Å². The van der Waals surface area contributed by atoms with Crippen LogP contribution in [0.25, 0.3) is 0 Å². The van der Waals surface area contributed by atoms with Crippen LogP contribution < -0.4 is 0 Å². The van der Waals surface area contributed by atoms with Crippen molar-refractivity contribution in [2.75, 3.05) is 18.1 Å². The summed E-state index contributed by atoms with van der Waals surface area (Å²) >= 11 is 0. The molecular weight excluding hydrogens is 258 g/mol. The minimum atomic E-state index is -2.89. The lowest BCUT2D eigenvalue weighted by molar-refractivity contribution is 0.133. The summed E-state index contributed by atoms with van der Waals surface area (Å²) in [6.45, 7) is 7.31. The van der Waals surface area contributed by atoms with E-state index in [2.05, 4.69) is 23.6 Å². The van der Waals surface area contributed by atoms with Gasteiger partial charge in [0.25, 0.3) is 0 Å². The lowest BCUT2D eigenvalue weighted by Crippen LogP contribution is -2.47. The highest BCUT2D eigenvalue weighted by molar-refractivity contribution is 7.91. The fourth-order valence-electron chi connectivity index (χ4n) is 2.68. The van der Waals surface area contributed by atoms with E-state index in [4.69, 9.17) is 0 Å². The molecule has 1 fully saturated rings. The normalized spacial score (nSPS) is 25.6. The largest absolute Gasteiger partial charge is 0.289 e. The second kappa shape index (κ2) is 5.47. The molecule has 2 rings (SSSR count). The van der Waals surface area contributed by atoms with Crippen LogP contribution in [0.3, 0.4) is 0 Å². The van der Waals surface area contributed by atoms with Crippen LogP contribution in [-0.4, -0.2) is 36.9 Å². The van der Waals surface area contributed by atoms with Crippen molar-refractivity contribution in [1.82, 2.24) is 4.90 Å². The fraction of sp³-hybridized carbons (Fsp3) is 0.467. The molecule has 1 saturated heterocycles. The van der Waals surface area contributed by atoms with E-state index in [0.29, 0.717) is 18.7 Å². The van der Waals surface area contributed by atoms with Gasteiger partial charge in [-0.3, -0.25) is 4.90 Å². The van der Waals surface area contributed by atoms with Crippen molar-refractivity contribution in [2.24, 2.45) is 0 Å². The lowest BCUT2D eigenvalue weighted by Gasteiger charge is -2.37.